The highest BCUT2D eigenvalue weighted by Crippen LogP contribution is 2.21. The molecule has 0 amide bonds. The van der Waals surface area contributed by atoms with E-state index in [1.165, 1.54) is 45.7 Å². The van der Waals surface area contributed by atoms with Crippen molar-refractivity contribution in [3.8, 4) is 0 Å². The Morgan fingerprint density at radius 1 is 1.10 bits per heavy atom. The van der Waals surface area contributed by atoms with E-state index in [1.54, 1.807) is 7.05 Å². The van der Waals surface area contributed by atoms with Gasteiger partial charge in [0.25, 0.3) is 5.56 Å². The zero-order chi connectivity index (χ0) is 21.6. The highest BCUT2D eigenvalue weighted by molar-refractivity contribution is 5.71. The Bertz CT molecular complexity index is 1220. The first kappa shape index (κ1) is 20.6. The van der Waals surface area contributed by atoms with Crippen LogP contribution in [0, 0.1) is 19.8 Å². The van der Waals surface area contributed by atoms with Crippen LogP contribution in [-0.4, -0.2) is 36.7 Å². The lowest BCUT2D eigenvalue weighted by Crippen LogP contribution is -2.37. The zero-order valence-electron chi connectivity index (χ0n) is 18.6. The van der Waals surface area contributed by atoms with E-state index in [4.69, 9.17) is 4.98 Å². The highest BCUT2D eigenvalue weighted by atomic mass is 16.2. The number of hydrogen-bond donors (Lipinski definition) is 0. The maximum atomic E-state index is 13.1. The number of aromatic nitrogens is 4. The van der Waals surface area contributed by atoms with E-state index in [0.717, 1.165) is 18.9 Å². The third kappa shape index (κ3) is 3.62. The molecule has 3 heterocycles. The van der Waals surface area contributed by atoms with Gasteiger partial charge >= 0.3 is 5.69 Å². The van der Waals surface area contributed by atoms with Gasteiger partial charge in [-0.05, 0) is 50.3 Å². The molecule has 1 fully saturated rings. The lowest BCUT2D eigenvalue weighted by Gasteiger charge is -2.30. The molecule has 1 saturated heterocycles. The molecule has 1 aliphatic heterocycles. The molecule has 7 nitrogen and oxygen atoms in total. The van der Waals surface area contributed by atoms with Crippen LogP contribution in [0.25, 0.3) is 11.2 Å². The summed E-state index contributed by atoms with van der Waals surface area (Å²) >= 11 is 0. The summed E-state index contributed by atoms with van der Waals surface area (Å²) in [6.07, 6.45) is 2.43. The van der Waals surface area contributed by atoms with Gasteiger partial charge in [0.15, 0.2) is 11.2 Å². The summed E-state index contributed by atoms with van der Waals surface area (Å²) in [6, 6.07) is 6.38. The maximum Gasteiger partial charge on any atom is 0.332 e. The molecule has 0 saturated carbocycles. The Morgan fingerprint density at radius 2 is 1.87 bits per heavy atom. The quantitative estimate of drug-likeness (QED) is 0.663. The van der Waals surface area contributed by atoms with Gasteiger partial charge in [-0.15, -0.1) is 0 Å². The lowest BCUT2D eigenvalue weighted by atomic mass is 10.0. The summed E-state index contributed by atoms with van der Waals surface area (Å²) in [5, 5.41) is 0. The minimum absolute atomic E-state index is 0.288. The molecular weight excluding hydrogens is 378 g/mol. The number of aryl methyl sites for hydroxylation is 3. The van der Waals surface area contributed by atoms with Crippen LogP contribution in [0.1, 0.15) is 42.3 Å². The number of piperidine rings is 1. The van der Waals surface area contributed by atoms with Crippen molar-refractivity contribution in [1.82, 2.24) is 23.6 Å². The van der Waals surface area contributed by atoms with Crippen LogP contribution in [0.5, 0.6) is 0 Å². The summed E-state index contributed by atoms with van der Waals surface area (Å²) in [5.41, 5.74) is 3.87. The number of fused-ring (bicyclic) bond motifs is 1. The fourth-order valence-corrected chi connectivity index (χ4v) is 4.55. The second-order valence-electron chi connectivity index (χ2n) is 8.90. The van der Waals surface area contributed by atoms with Gasteiger partial charge in [0, 0.05) is 27.2 Å². The van der Waals surface area contributed by atoms with Gasteiger partial charge in [-0.1, -0.05) is 30.7 Å². The zero-order valence-corrected chi connectivity index (χ0v) is 18.6. The lowest BCUT2D eigenvalue weighted by molar-refractivity contribution is 0.171. The third-order valence-corrected chi connectivity index (χ3v) is 6.37. The van der Waals surface area contributed by atoms with Crippen LogP contribution in [-0.2, 0) is 27.2 Å². The van der Waals surface area contributed by atoms with Crippen molar-refractivity contribution in [2.24, 2.45) is 20.0 Å². The molecule has 0 radical (unpaired) electrons. The van der Waals surface area contributed by atoms with E-state index in [-0.39, 0.29) is 11.2 Å². The Labute approximate surface area is 176 Å². The molecule has 0 spiro atoms. The SMILES string of the molecule is Cc1ccc(C)c(Cn2c(CN3CCC[C@@H](C)C3)nc3c2c(=O)n(C)c(=O)n3C)c1. The van der Waals surface area contributed by atoms with E-state index < -0.39 is 0 Å². The molecule has 1 aromatic carbocycles. The molecule has 2 aromatic heterocycles. The Morgan fingerprint density at radius 3 is 2.60 bits per heavy atom. The fourth-order valence-electron chi connectivity index (χ4n) is 4.55. The average molecular weight is 410 g/mol. The minimum Gasteiger partial charge on any atom is -0.317 e. The summed E-state index contributed by atoms with van der Waals surface area (Å²) in [4.78, 5) is 32.8. The maximum absolute atomic E-state index is 13.1. The first-order valence-corrected chi connectivity index (χ1v) is 10.7. The van der Waals surface area contributed by atoms with Crippen LogP contribution in [0.3, 0.4) is 0 Å². The smallest absolute Gasteiger partial charge is 0.317 e. The monoisotopic (exact) mass is 409 g/mol. The minimum atomic E-state index is -0.345. The summed E-state index contributed by atoms with van der Waals surface area (Å²) < 4.78 is 4.69. The van der Waals surface area contributed by atoms with E-state index in [1.807, 2.05) is 4.57 Å². The second kappa shape index (κ2) is 7.87. The summed E-state index contributed by atoms with van der Waals surface area (Å²) in [6.45, 7) is 9.77. The molecule has 160 valence electrons. The van der Waals surface area contributed by atoms with E-state index in [0.29, 0.717) is 30.2 Å². The normalized spacial score (nSPS) is 17.7. The van der Waals surface area contributed by atoms with Crippen molar-refractivity contribution < 1.29 is 0 Å². The molecule has 7 heteroatoms. The van der Waals surface area contributed by atoms with Gasteiger partial charge in [0.2, 0.25) is 0 Å². The van der Waals surface area contributed by atoms with Crippen molar-refractivity contribution in [2.45, 2.75) is 46.7 Å². The molecule has 1 atom stereocenters. The van der Waals surface area contributed by atoms with Crippen LogP contribution in [0.15, 0.2) is 27.8 Å². The van der Waals surface area contributed by atoms with Crippen molar-refractivity contribution >= 4 is 11.2 Å². The van der Waals surface area contributed by atoms with Crippen LogP contribution < -0.4 is 11.2 Å². The topological polar surface area (TPSA) is 65.1 Å². The Kier molecular flexibility index (Phi) is 5.40. The van der Waals surface area contributed by atoms with Crippen LogP contribution >= 0.6 is 0 Å². The molecule has 0 unspecified atom stereocenters. The number of nitrogens with zero attached hydrogens (tertiary/aromatic N) is 5. The number of rotatable bonds is 4. The summed E-state index contributed by atoms with van der Waals surface area (Å²) in [5.74, 6) is 1.51. The van der Waals surface area contributed by atoms with Crippen LogP contribution in [0.4, 0.5) is 0 Å². The number of likely N-dealkylation sites (tertiary alicyclic amines) is 1. The molecule has 30 heavy (non-hydrogen) atoms. The standard InChI is InChI=1S/C23H31N5O2/c1-15-8-9-17(3)18(11-15)13-28-19(14-27-10-6-7-16(2)12-27)24-21-20(28)22(29)26(5)23(30)25(21)4/h8-9,11,16H,6-7,10,12-14H2,1-5H3/t16-/m1/s1. The van der Waals surface area contributed by atoms with Gasteiger partial charge in [-0.2, -0.15) is 0 Å². The highest BCUT2D eigenvalue weighted by Gasteiger charge is 2.23. The molecule has 0 aliphatic carbocycles. The van der Waals surface area contributed by atoms with Crippen LogP contribution in [0.2, 0.25) is 0 Å². The number of hydrogen-bond acceptors (Lipinski definition) is 4. The van der Waals surface area contributed by atoms with Gasteiger partial charge in [0.1, 0.15) is 5.82 Å². The molecular formula is C23H31N5O2. The van der Waals surface area contributed by atoms with E-state index in [2.05, 4.69) is 43.9 Å². The van der Waals surface area contributed by atoms with E-state index >= 15 is 0 Å². The molecule has 1 aliphatic rings. The summed E-state index contributed by atoms with van der Waals surface area (Å²) in [7, 11) is 3.22. The van der Waals surface area contributed by atoms with Crippen molar-refractivity contribution in [2.75, 3.05) is 13.1 Å². The predicted molar refractivity (Wildman–Crippen MR) is 119 cm³/mol. The third-order valence-electron chi connectivity index (χ3n) is 6.37. The number of benzene rings is 1. The van der Waals surface area contributed by atoms with Gasteiger partial charge < -0.3 is 4.57 Å². The van der Waals surface area contributed by atoms with E-state index in [9.17, 15) is 9.59 Å². The average Bonchev–Trinajstić information content (AvgIpc) is 3.05. The molecule has 4 rings (SSSR count). The number of imidazole rings is 1. The van der Waals surface area contributed by atoms with Gasteiger partial charge in [-0.3, -0.25) is 18.8 Å². The Balaban J connectivity index is 1.89. The van der Waals surface area contributed by atoms with Crippen molar-refractivity contribution in [1.29, 1.82) is 0 Å². The molecule has 3 aromatic rings. The first-order chi connectivity index (χ1) is 14.3. The molecule has 0 bridgehead atoms. The van der Waals surface area contributed by atoms with Crippen molar-refractivity contribution in [3.63, 3.8) is 0 Å². The fraction of sp³-hybridized carbons (Fsp3) is 0.522. The molecule has 0 N–H and O–H groups in total. The second-order valence-corrected chi connectivity index (χ2v) is 8.90. The first-order valence-electron chi connectivity index (χ1n) is 10.7. The Hall–Kier alpha value is -2.67. The van der Waals surface area contributed by atoms with Crippen molar-refractivity contribution in [3.05, 3.63) is 61.6 Å². The predicted octanol–water partition coefficient (Wildman–Crippen LogP) is 2.33. The largest absolute Gasteiger partial charge is 0.332 e. The van der Waals surface area contributed by atoms with Gasteiger partial charge in [0.05, 0.1) is 6.54 Å². The van der Waals surface area contributed by atoms with Gasteiger partial charge in [-0.25, -0.2) is 9.78 Å².